The van der Waals surface area contributed by atoms with Crippen LogP contribution in [0.1, 0.15) is 23.5 Å². The molecule has 0 aliphatic heterocycles. The summed E-state index contributed by atoms with van der Waals surface area (Å²) in [6.07, 6.45) is 3.02. The second kappa shape index (κ2) is 5.52. The van der Waals surface area contributed by atoms with Gasteiger partial charge < -0.3 is 4.79 Å². The lowest BCUT2D eigenvalue weighted by molar-refractivity contribution is -0.108. The summed E-state index contributed by atoms with van der Waals surface area (Å²) in [5.41, 5.74) is 1.69. The molecule has 0 bridgehead atoms. The molecule has 1 fully saturated rings. The molecule has 1 aliphatic rings. The predicted octanol–water partition coefficient (Wildman–Crippen LogP) is 3.63. The van der Waals surface area contributed by atoms with E-state index >= 15 is 0 Å². The molecule has 0 saturated heterocycles. The monoisotopic (exact) mass is 357 g/mol. The minimum atomic E-state index is -3.93. The molecule has 0 radical (unpaired) electrons. The van der Waals surface area contributed by atoms with Crippen molar-refractivity contribution in [3.05, 3.63) is 65.6 Å². The van der Waals surface area contributed by atoms with Crippen LogP contribution in [0.5, 0.6) is 0 Å². The van der Waals surface area contributed by atoms with E-state index in [1.54, 1.807) is 24.3 Å². The molecular formula is C19H16FNO3S. The molecule has 2 atom stereocenters. The second-order valence-electron chi connectivity index (χ2n) is 6.48. The number of benzene rings is 2. The van der Waals surface area contributed by atoms with Crippen LogP contribution < -0.4 is 0 Å². The van der Waals surface area contributed by atoms with Gasteiger partial charge in [0.2, 0.25) is 0 Å². The van der Waals surface area contributed by atoms with Crippen LogP contribution in [0, 0.1) is 18.7 Å². The number of halogens is 1. The largest absolute Gasteiger partial charge is 0.303 e. The van der Waals surface area contributed by atoms with E-state index in [0.29, 0.717) is 17.4 Å². The van der Waals surface area contributed by atoms with Crippen LogP contribution in [0.25, 0.3) is 10.9 Å². The first-order valence-corrected chi connectivity index (χ1v) is 9.44. The molecule has 0 N–H and O–H groups in total. The second-order valence-corrected chi connectivity index (χ2v) is 8.29. The molecule has 2 aromatic carbocycles. The molecule has 1 aliphatic carbocycles. The Morgan fingerprint density at radius 2 is 1.88 bits per heavy atom. The van der Waals surface area contributed by atoms with Gasteiger partial charge in [0.15, 0.2) is 0 Å². The van der Waals surface area contributed by atoms with E-state index in [1.807, 2.05) is 6.92 Å². The number of aryl methyl sites for hydroxylation is 1. The molecule has 128 valence electrons. The van der Waals surface area contributed by atoms with Crippen LogP contribution in [-0.4, -0.2) is 18.7 Å². The van der Waals surface area contributed by atoms with Crippen molar-refractivity contribution in [2.24, 2.45) is 5.92 Å². The summed E-state index contributed by atoms with van der Waals surface area (Å²) in [5, 5.41) is 0.546. The van der Waals surface area contributed by atoms with Crippen LogP contribution in [0.2, 0.25) is 0 Å². The highest BCUT2D eigenvalue weighted by atomic mass is 32.2. The van der Waals surface area contributed by atoms with Crippen molar-refractivity contribution < 1.29 is 17.6 Å². The molecular weight excluding hydrogens is 341 g/mol. The number of hydrogen-bond acceptors (Lipinski definition) is 3. The number of rotatable bonds is 4. The minimum absolute atomic E-state index is 0.0367. The highest BCUT2D eigenvalue weighted by Crippen LogP contribution is 2.49. The van der Waals surface area contributed by atoms with Gasteiger partial charge in [-0.05, 0) is 43.0 Å². The van der Waals surface area contributed by atoms with Gasteiger partial charge in [-0.15, -0.1) is 0 Å². The number of carbonyl (C=O) groups is 1. The summed E-state index contributed by atoms with van der Waals surface area (Å²) >= 11 is 0. The average Bonchev–Trinajstić information content (AvgIpc) is 3.26. The van der Waals surface area contributed by atoms with Crippen LogP contribution >= 0.6 is 0 Å². The fourth-order valence-corrected chi connectivity index (χ4v) is 4.65. The first kappa shape index (κ1) is 16.0. The van der Waals surface area contributed by atoms with Crippen molar-refractivity contribution in [2.75, 3.05) is 0 Å². The van der Waals surface area contributed by atoms with E-state index in [9.17, 15) is 17.6 Å². The van der Waals surface area contributed by atoms with E-state index in [4.69, 9.17) is 0 Å². The van der Waals surface area contributed by atoms with Crippen molar-refractivity contribution in [3.63, 3.8) is 0 Å². The zero-order valence-corrected chi connectivity index (χ0v) is 14.3. The van der Waals surface area contributed by atoms with Gasteiger partial charge in [-0.2, -0.15) is 0 Å². The number of hydrogen-bond donors (Lipinski definition) is 0. The molecule has 4 nitrogen and oxygen atoms in total. The van der Waals surface area contributed by atoms with Gasteiger partial charge in [-0.1, -0.05) is 29.8 Å². The van der Waals surface area contributed by atoms with Gasteiger partial charge in [0.1, 0.15) is 12.1 Å². The summed E-state index contributed by atoms with van der Waals surface area (Å²) in [4.78, 5) is 11.1. The van der Waals surface area contributed by atoms with Gasteiger partial charge in [0, 0.05) is 17.5 Å². The molecule has 0 spiro atoms. The lowest BCUT2D eigenvalue weighted by Gasteiger charge is -2.08. The van der Waals surface area contributed by atoms with Gasteiger partial charge in [-0.3, -0.25) is 0 Å². The molecule has 1 aromatic heterocycles. The molecule has 1 heterocycles. The topological polar surface area (TPSA) is 56.1 Å². The Morgan fingerprint density at radius 1 is 1.16 bits per heavy atom. The number of aldehydes is 1. The Labute approximate surface area is 144 Å². The Hall–Kier alpha value is -2.47. The van der Waals surface area contributed by atoms with Crippen LogP contribution in [0.15, 0.2) is 53.6 Å². The van der Waals surface area contributed by atoms with Crippen LogP contribution in [0.4, 0.5) is 4.39 Å². The van der Waals surface area contributed by atoms with Crippen LogP contribution in [0.3, 0.4) is 0 Å². The number of fused-ring (bicyclic) bond motifs is 1. The molecule has 4 rings (SSSR count). The number of para-hydroxylation sites is 1. The summed E-state index contributed by atoms with van der Waals surface area (Å²) in [6.45, 7) is 1.87. The standard InChI is InChI=1S/C19H16FNO3S/c1-12-5-7-14(8-6-12)25(23,24)21-10-17(16-9-13(16)11-22)15-3-2-4-18(20)19(15)21/h2-8,10-11,13,16H,9H2,1H3/t13-,16+/m1/s1. The molecule has 1 saturated carbocycles. The minimum Gasteiger partial charge on any atom is -0.303 e. The maximum Gasteiger partial charge on any atom is 0.268 e. The Morgan fingerprint density at radius 3 is 2.52 bits per heavy atom. The number of aromatic nitrogens is 1. The van der Waals surface area contributed by atoms with E-state index in [0.717, 1.165) is 15.8 Å². The van der Waals surface area contributed by atoms with E-state index in [1.165, 1.54) is 24.4 Å². The third kappa shape index (κ3) is 2.48. The van der Waals surface area contributed by atoms with Crippen molar-refractivity contribution in [2.45, 2.75) is 24.2 Å². The average molecular weight is 357 g/mol. The SMILES string of the molecule is Cc1ccc(S(=O)(=O)n2cc([C@H]3C[C@@H]3C=O)c3cccc(F)c32)cc1. The quantitative estimate of drug-likeness (QED) is 0.670. The maximum atomic E-state index is 14.5. The predicted molar refractivity (Wildman–Crippen MR) is 92.6 cm³/mol. The summed E-state index contributed by atoms with van der Waals surface area (Å²) in [6, 6.07) is 11.0. The van der Waals surface area contributed by atoms with Crippen molar-refractivity contribution >= 4 is 27.2 Å². The normalized spacial score (nSPS) is 19.9. The molecule has 6 heteroatoms. The molecule has 0 unspecified atom stereocenters. The lowest BCUT2D eigenvalue weighted by atomic mass is 10.1. The summed E-state index contributed by atoms with van der Waals surface area (Å²) in [5.74, 6) is -0.761. The Kier molecular flexibility index (Phi) is 3.54. The van der Waals surface area contributed by atoms with Gasteiger partial charge in [0.05, 0.1) is 10.4 Å². The van der Waals surface area contributed by atoms with Gasteiger partial charge >= 0.3 is 0 Å². The van der Waals surface area contributed by atoms with Gasteiger partial charge in [0.25, 0.3) is 10.0 Å². The fourth-order valence-electron chi connectivity index (χ4n) is 3.26. The molecule has 3 aromatic rings. The van der Waals surface area contributed by atoms with E-state index in [2.05, 4.69) is 0 Å². The summed E-state index contributed by atoms with van der Waals surface area (Å²) in [7, 11) is -3.93. The van der Waals surface area contributed by atoms with Gasteiger partial charge in [-0.25, -0.2) is 16.8 Å². The van der Waals surface area contributed by atoms with Crippen LogP contribution in [-0.2, 0) is 14.8 Å². The highest BCUT2D eigenvalue weighted by molar-refractivity contribution is 7.90. The number of nitrogens with zero attached hydrogens (tertiary/aromatic N) is 1. The zero-order valence-electron chi connectivity index (χ0n) is 13.5. The first-order valence-electron chi connectivity index (χ1n) is 8.00. The smallest absolute Gasteiger partial charge is 0.268 e. The molecule has 25 heavy (non-hydrogen) atoms. The zero-order chi connectivity index (χ0) is 17.8. The summed E-state index contributed by atoms with van der Waals surface area (Å²) < 4.78 is 41.6. The maximum absolute atomic E-state index is 14.5. The first-order chi connectivity index (χ1) is 11.9. The Balaban J connectivity index is 1.96. The van der Waals surface area contributed by atoms with Crippen molar-refractivity contribution in [1.82, 2.24) is 3.97 Å². The Bertz CT molecular complexity index is 1080. The number of carbonyl (C=O) groups excluding carboxylic acids is 1. The third-order valence-corrected chi connectivity index (χ3v) is 6.44. The highest BCUT2D eigenvalue weighted by Gasteiger charge is 2.41. The van der Waals surface area contributed by atoms with E-state index in [-0.39, 0.29) is 22.2 Å². The molecule has 0 amide bonds. The van der Waals surface area contributed by atoms with E-state index < -0.39 is 15.8 Å². The third-order valence-electron chi connectivity index (χ3n) is 4.77. The van der Waals surface area contributed by atoms with Crippen molar-refractivity contribution in [3.8, 4) is 0 Å². The lowest BCUT2D eigenvalue weighted by Crippen LogP contribution is -2.12. The van der Waals surface area contributed by atoms with Crippen molar-refractivity contribution in [1.29, 1.82) is 0 Å². The fraction of sp³-hybridized carbons (Fsp3) is 0.211.